The highest BCUT2D eigenvalue weighted by molar-refractivity contribution is 5.78. The molecule has 0 saturated carbocycles. The van der Waals surface area contributed by atoms with Crippen LogP contribution >= 0.6 is 0 Å². The third-order valence-electron chi connectivity index (χ3n) is 9.70. The van der Waals surface area contributed by atoms with Crippen molar-refractivity contribution < 1.29 is 119 Å². The molecule has 17 N–H and O–H groups in total. The van der Waals surface area contributed by atoms with Crippen molar-refractivity contribution in [1.82, 2.24) is 10.6 Å². The molecular weight excluding hydrogens is 784 g/mol. The summed E-state index contributed by atoms with van der Waals surface area (Å²) in [5.41, 5.74) is 0. The fourth-order valence-corrected chi connectivity index (χ4v) is 6.46. The number of hydrogen-bond donors (Lipinski definition) is 17. The Labute approximate surface area is 323 Å². The van der Waals surface area contributed by atoms with E-state index in [2.05, 4.69) is 10.6 Å². The van der Waals surface area contributed by atoms with Crippen molar-refractivity contribution in [3.8, 4) is 0 Å². The zero-order chi connectivity index (χ0) is 43.1. The second-order valence-corrected chi connectivity index (χ2v) is 13.9. The number of carbonyl (C=O) groups excluding carboxylic acids is 2. The fraction of sp³-hybridized carbons (Fsp3) is 0.903. The predicted octanol–water partition coefficient (Wildman–Crippen LogP) is -10.6. The Morgan fingerprint density at radius 3 is 2.00 bits per heavy atom. The Balaban J connectivity index is 2.03. The van der Waals surface area contributed by atoms with E-state index >= 15 is 0 Å². The number of carboxylic acids is 1. The van der Waals surface area contributed by atoms with Crippen LogP contribution in [0, 0.1) is 0 Å². The maximum Gasteiger partial charge on any atom is 0.364 e. The first-order valence-electron chi connectivity index (χ1n) is 17.7. The standard InChI is InChI=1S/C31H54N2O24/c1-9-18(43)22(47)24(49)28(53-9)56-27-23(48)21(46)15(54-29(27)55-25(19(44)13(40)5-35)11(4-34)32-10(2)38)8-52-31(30(50)51)3-12(39)17(33-16(42)7-37)26(57-31)20(45)14(41)6-36/h9,11-15,17-29,34-37,39-41,43-49H,3-8H2,1-2H3,(H,32,38)(H,33,42)(H,50,51)/t9-,11-,12-,13+,14+,15+,17+,18+,19-,20+,21-,22+,23-,24-,25+,26+,27+,28-,29-,31+/m0/s1. The molecule has 3 aliphatic heterocycles. The first-order chi connectivity index (χ1) is 26.7. The molecule has 0 unspecified atom stereocenters. The van der Waals surface area contributed by atoms with Gasteiger partial charge in [0.15, 0.2) is 12.6 Å². The molecule has 0 aromatic heterocycles. The number of amides is 2. The number of carboxylic acid groups (broad SMARTS) is 1. The molecule has 3 aliphatic rings. The van der Waals surface area contributed by atoms with Gasteiger partial charge in [-0.05, 0) is 6.92 Å². The topological polar surface area (TPSA) is 434 Å². The summed E-state index contributed by atoms with van der Waals surface area (Å²) in [5.74, 6) is -6.94. The molecule has 0 aromatic rings. The van der Waals surface area contributed by atoms with Gasteiger partial charge in [0.2, 0.25) is 11.8 Å². The summed E-state index contributed by atoms with van der Waals surface area (Å²) in [4.78, 5) is 36.6. The number of carbonyl (C=O) groups is 3. The summed E-state index contributed by atoms with van der Waals surface area (Å²) >= 11 is 0. The first kappa shape index (κ1) is 49.0. The molecule has 2 amide bonds. The van der Waals surface area contributed by atoms with Crippen molar-refractivity contribution in [3.05, 3.63) is 0 Å². The van der Waals surface area contributed by atoms with E-state index in [1.54, 1.807) is 0 Å². The van der Waals surface area contributed by atoms with Gasteiger partial charge in [0.1, 0.15) is 86.0 Å². The lowest BCUT2D eigenvalue weighted by atomic mass is 9.88. The first-order valence-corrected chi connectivity index (χ1v) is 17.7. The summed E-state index contributed by atoms with van der Waals surface area (Å²) in [5, 5.41) is 159. The quantitative estimate of drug-likeness (QED) is 0.0574. The number of aliphatic hydroxyl groups excluding tert-OH is 14. The summed E-state index contributed by atoms with van der Waals surface area (Å²) in [6, 6.07) is -3.33. The molecule has 3 heterocycles. The maximum atomic E-state index is 12.7. The van der Waals surface area contributed by atoms with Gasteiger partial charge in [-0.1, -0.05) is 0 Å². The molecule has 20 atom stereocenters. The smallest absolute Gasteiger partial charge is 0.364 e. The number of aliphatic hydroxyl groups is 14. The third kappa shape index (κ3) is 11.5. The van der Waals surface area contributed by atoms with E-state index in [0.29, 0.717) is 0 Å². The second-order valence-electron chi connectivity index (χ2n) is 13.9. The van der Waals surface area contributed by atoms with Gasteiger partial charge in [-0.15, -0.1) is 0 Å². The van der Waals surface area contributed by atoms with Crippen LogP contribution in [-0.4, -0.2) is 249 Å². The number of nitrogens with one attached hydrogen (secondary N) is 2. The minimum atomic E-state index is -3.02. The van der Waals surface area contributed by atoms with Crippen molar-refractivity contribution >= 4 is 17.8 Å². The van der Waals surface area contributed by atoms with Crippen LogP contribution in [0.25, 0.3) is 0 Å². The van der Waals surface area contributed by atoms with Gasteiger partial charge in [0, 0.05) is 13.3 Å². The predicted molar refractivity (Wildman–Crippen MR) is 176 cm³/mol. The van der Waals surface area contributed by atoms with Crippen LogP contribution in [0.2, 0.25) is 0 Å². The molecule has 0 aromatic carbocycles. The van der Waals surface area contributed by atoms with Crippen LogP contribution in [0.4, 0.5) is 0 Å². The number of aliphatic carboxylic acids is 1. The normalized spacial score (nSPS) is 39.3. The monoisotopic (exact) mass is 838 g/mol. The van der Waals surface area contributed by atoms with Crippen molar-refractivity contribution in [2.24, 2.45) is 0 Å². The molecule has 332 valence electrons. The second kappa shape index (κ2) is 21.2. The van der Waals surface area contributed by atoms with Crippen LogP contribution < -0.4 is 10.6 Å². The van der Waals surface area contributed by atoms with E-state index in [4.69, 9.17) is 28.4 Å². The minimum Gasteiger partial charge on any atom is -0.477 e. The number of rotatable bonds is 19. The van der Waals surface area contributed by atoms with Crippen LogP contribution in [-0.2, 0) is 42.8 Å². The van der Waals surface area contributed by atoms with Gasteiger partial charge < -0.3 is 116 Å². The lowest BCUT2D eigenvalue weighted by Crippen LogP contribution is -2.69. The molecule has 0 spiro atoms. The number of ether oxygens (including phenoxy) is 6. The van der Waals surface area contributed by atoms with Crippen molar-refractivity contribution in [2.45, 2.75) is 142 Å². The van der Waals surface area contributed by atoms with Gasteiger partial charge in [-0.25, -0.2) is 4.79 Å². The Morgan fingerprint density at radius 2 is 1.46 bits per heavy atom. The molecule has 0 bridgehead atoms. The van der Waals surface area contributed by atoms with Crippen LogP contribution in [0.3, 0.4) is 0 Å². The molecule has 26 heteroatoms. The Morgan fingerprint density at radius 1 is 0.825 bits per heavy atom. The Bertz CT molecular complexity index is 1300. The van der Waals surface area contributed by atoms with Crippen molar-refractivity contribution in [2.75, 3.05) is 33.0 Å². The van der Waals surface area contributed by atoms with Gasteiger partial charge in [0.25, 0.3) is 5.79 Å². The lowest BCUT2D eigenvalue weighted by molar-refractivity contribution is -0.379. The number of hydrogen-bond acceptors (Lipinski definition) is 23. The summed E-state index contributed by atoms with van der Waals surface area (Å²) in [6.45, 7) is -3.20. The fourth-order valence-electron chi connectivity index (χ4n) is 6.46. The highest BCUT2D eigenvalue weighted by Gasteiger charge is 2.58. The van der Waals surface area contributed by atoms with E-state index < -0.39 is 179 Å². The minimum absolute atomic E-state index is 0.797. The molecular formula is C31H54N2O24. The average Bonchev–Trinajstić information content (AvgIpc) is 3.18. The van der Waals surface area contributed by atoms with Gasteiger partial charge in [0.05, 0.1) is 50.7 Å². The van der Waals surface area contributed by atoms with E-state index in [0.717, 1.165) is 6.92 Å². The summed E-state index contributed by atoms with van der Waals surface area (Å²) in [7, 11) is 0. The van der Waals surface area contributed by atoms with Crippen LogP contribution in [0.5, 0.6) is 0 Å². The average molecular weight is 839 g/mol. The highest BCUT2D eigenvalue weighted by atomic mass is 16.8. The van der Waals surface area contributed by atoms with E-state index in [1.807, 2.05) is 0 Å². The van der Waals surface area contributed by atoms with Crippen molar-refractivity contribution in [1.29, 1.82) is 0 Å². The lowest BCUT2D eigenvalue weighted by Gasteiger charge is -2.49. The highest BCUT2D eigenvalue weighted by Crippen LogP contribution is 2.36. The molecule has 26 nitrogen and oxygen atoms in total. The molecule has 3 rings (SSSR count). The van der Waals surface area contributed by atoms with E-state index in [-0.39, 0.29) is 0 Å². The van der Waals surface area contributed by atoms with Crippen LogP contribution in [0.1, 0.15) is 20.3 Å². The van der Waals surface area contributed by atoms with Gasteiger partial charge >= 0.3 is 5.97 Å². The molecule has 3 fully saturated rings. The van der Waals surface area contributed by atoms with Gasteiger partial charge in [-0.2, -0.15) is 0 Å². The molecule has 3 saturated heterocycles. The zero-order valence-electron chi connectivity index (χ0n) is 30.6. The van der Waals surface area contributed by atoms with Crippen molar-refractivity contribution in [3.63, 3.8) is 0 Å². The molecule has 0 radical (unpaired) electrons. The van der Waals surface area contributed by atoms with Gasteiger partial charge in [-0.3, -0.25) is 9.59 Å². The largest absolute Gasteiger partial charge is 0.477 e. The Hall–Kier alpha value is -2.39. The molecule has 57 heavy (non-hydrogen) atoms. The SMILES string of the molecule is CC(=O)N[C@@H](CO)[C@@H](O[C@@H]1O[C@H](CO[C@]2(C(=O)O)C[C@H](O)[C@@H](NC(=O)CO)[C@H]([C@H](O)[C@H](O)CO)O2)[C@H](O)[C@H](O)[C@H]1O[C@@H]1O[C@@H](C)[C@@H](O)[C@@H](O)[C@@H]1O)[C@@H](O)[C@H](O)CO. The summed E-state index contributed by atoms with van der Waals surface area (Å²) < 4.78 is 33.7. The zero-order valence-corrected chi connectivity index (χ0v) is 30.6. The third-order valence-corrected chi connectivity index (χ3v) is 9.70. The van der Waals surface area contributed by atoms with E-state index in [9.17, 15) is 91.0 Å². The summed E-state index contributed by atoms with van der Waals surface area (Å²) in [6.07, 6.45) is -34.8. The molecule has 0 aliphatic carbocycles. The van der Waals surface area contributed by atoms with Crippen LogP contribution in [0.15, 0.2) is 0 Å². The maximum absolute atomic E-state index is 12.7. The van der Waals surface area contributed by atoms with E-state index in [1.165, 1.54) is 6.92 Å². The Kier molecular flexibility index (Phi) is 18.2.